The molecule has 20 heavy (non-hydrogen) atoms. The molecule has 0 aromatic carbocycles. The van der Waals surface area contributed by atoms with Crippen molar-refractivity contribution < 1.29 is 14.3 Å². The van der Waals surface area contributed by atoms with E-state index in [0.29, 0.717) is 24.6 Å². The van der Waals surface area contributed by atoms with Crippen LogP contribution in [0.15, 0.2) is 4.42 Å². The maximum absolute atomic E-state index is 10.4. The minimum Gasteiger partial charge on any atom is -0.481 e. The monoisotopic (exact) mass is 282 g/mol. The minimum atomic E-state index is -0.784. The molecule has 0 bridgehead atoms. The molecule has 0 aliphatic carbocycles. The lowest BCUT2D eigenvalue weighted by Crippen LogP contribution is -1.95. The number of aliphatic carboxylic acids is 1. The van der Waals surface area contributed by atoms with E-state index in [2.05, 4.69) is 17.1 Å². The summed E-state index contributed by atoms with van der Waals surface area (Å²) in [5.41, 5.74) is 0. The Balaban J connectivity index is 2.06. The molecule has 0 aliphatic heterocycles. The standard InChI is InChI=1S/C15H26N2O3/c1-2-3-4-5-6-7-8-10-13-16-17-14(20-13)11-9-12-15(18)19/h2-12H2,1H3,(H,18,19). The Morgan fingerprint density at radius 2 is 1.50 bits per heavy atom. The lowest BCUT2D eigenvalue weighted by Gasteiger charge is -1.99. The Bertz CT molecular complexity index is 377. The minimum absolute atomic E-state index is 0.148. The molecule has 0 spiro atoms. The number of carboxylic acid groups (broad SMARTS) is 1. The van der Waals surface area contributed by atoms with Crippen molar-refractivity contribution in [3.05, 3.63) is 11.8 Å². The van der Waals surface area contributed by atoms with Crippen molar-refractivity contribution in [2.24, 2.45) is 0 Å². The van der Waals surface area contributed by atoms with Gasteiger partial charge in [0.2, 0.25) is 11.8 Å². The highest BCUT2D eigenvalue weighted by molar-refractivity contribution is 5.66. The first-order valence-electron chi connectivity index (χ1n) is 7.75. The third-order valence-electron chi connectivity index (χ3n) is 3.28. The molecule has 0 fully saturated rings. The van der Waals surface area contributed by atoms with Crippen LogP contribution in [0.2, 0.25) is 0 Å². The highest BCUT2D eigenvalue weighted by atomic mass is 16.4. The molecule has 0 atom stereocenters. The van der Waals surface area contributed by atoms with Crippen LogP contribution in [-0.2, 0) is 17.6 Å². The van der Waals surface area contributed by atoms with E-state index >= 15 is 0 Å². The van der Waals surface area contributed by atoms with Crippen LogP contribution in [0.4, 0.5) is 0 Å². The fourth-order valence-corrected chi connectivity index (χ4v) is 2.11. The summed E-state index contributed by atoms with van der Waals surface area (Å²) in [6, 6.07) is 0. The largest absolute Gasteiger partial charge is 0.481 e. The fraction of sp³-hybridized carbons (Fsp3) is 0.800. The van der Waals surface area contributed by atoms with Crippen LogP contribution in [0.25, 0.3) is 0 Å². The average molecular weight is 282 g/mol. The molecule has 0 saturated heterocycles. The first-order chi connectivity index (χ1) is 9.72. The van der Waals surface area contributed by atoms with E-state index in [1.54, 1.807) is 0 Å². The van der Waals surface area contributed by atoms with E-state index in [0.717, 1.165) is 12.8 Å². The molecule has 0 saturated carbocycles. The highest BCUT2D eigenvalue weighted by Gasteiger charge is 2.06. The molecular formula is C15H26N2O3. The fourth-order valence-electron chi connectivity index (χ4n) is 2.11. The Kier molecular flexibility index (Phi) is 8.67. The number of carbonyl (C=O) groups is 1. The Labute approximate surface area is 120 Å². The molecule has 5 nitrogen and oxygen atoms in total. The smallest absolute Gasteiger partial charge is 0.303 e. The third kappa shape index (κ3) is 7.92. The number of hydrogen-bond acceptors (Lipinski definition) is 4. The molecule has 0 amide bonds. The topological polar surface area (TPSA) is 76.2 Å². The van der Waals surface area contributed by atoms with Gasteiger partial charge in [-0.15, -0.1) is 10.2 Å². The van der Waals surface area contributed by atoms with E-state index in [9.17, 15) is 4.79 Å². The van der Waals surface area contributed by atoms with Gasteiger partial charge in [0.25, 0.3) is 0 Å². The predicted octanol–water partition coefficient (Wildman–Crippen LogP) is 3.77. The summed E-state index contributed by atoms with van der Waals surface area (Å²) in [5.74, 6) is 0.459. The van der Waals surface area contributed by atoms with Crippen LogP contribution in [-0.4, -0.2) is 21.3 Å². The maximum Gasteiger partial charge on any atom is 0.303 e. The van der Waals surface area contributed by atoms with Gasteiger partial charge in [0, 0.05) is 19.3 Å². The quantitative estimate of drug-likeness (QED) is 0.590. The van der Waals surface area contributed by atoms with Crippen LogP contribution >= 0.6 is 0 Å². The predicted molar refractivity (Wildman–Crippen MR) is 76.6 cm³/mol. The number of carboxylic acids is 1. The van der Waals surface area contributed by atoms with Gasteiger partial charge in [-0.1, -0.05) is 45.4 Å². The zero-order chi connectivity index (χ0) is 14.6. The lowest BCUT2D eigenvalue weighted by molar-refractivity contribution is -0.137. The van der Waals surface area contributed by atoms with Gasteiger partial charge in [0.1, 0.15) is 0 Å². The third-order valence-corrected chi connectivity index (χ3v) is 3.28. The summed E-state index contributed by atoms with van der Waals surface area (Å²) in [7, 11) is 0. The van der Waals surface area contributed by atoms with Gasteiger partial charge in [-0.3, -0.25) is 4.79 Å². The number of aryl methyl sites for hydroxylation is 2. The number of aromatic nitrogens is 2. The van der Waals surface area contributed by atoms with Gasteiger partial charge >= 0.3 is 5.97 Å². The molecule has 1 aromatic rings. The second-order valence-corrected chi connectivity index (χ2v) is 5.21. The van der Waals surface area contributed by atoms with E-state index in [1.165, 1.54) is 38.5 Å². The number of unbranched alkanes of at least 4 members (excludes halogenated alkanes) is 6. The molecule has 1 N–H and O–H groups in total. The summed E-state index contributed by atoms with van der Waals surface area (Å²) in [6.07, 6.45) is 10.9. The normalized spacial score (nSPS) is 10.8. The van der Waals surface area contributed by atoms with Crippen molar-refractivity contribution in [1.29, 1.82) is 0 Å². The second kappa shape index (κ2) is 10.4. The van der Waals surface area contributed by atoms with E-state index in [4.69, 9.17) is 9.52 Å². The molecule has 0 unspecified atom stereocenters. The summed E-state index contributed by atoms with van der Waals surface area (Å²) in [4.78, 5) is 10.4. The van der Waals surface area contributed by atoms with Crippen molar-refractivity contribution in [1.82, 2.24) is 10.2 Å². The number of nitrogens with zero attached hydrogens (tertiary/aromatic N) is 2. The van der Waals surface area contributed by atoms with Crippen molar-refractivity contribution in [3.63, 3.8) is 0 Å². The molecule has 114 valence electrons. The molecule has 1 rings (SSSR count). The molecule has 0 radical (unpaired) electrons. The first-order valence-corrected chi connectivity index (χ1v) is 7.75. The molecule has 1 heterocycles. The van der Waals surface area contributed by atoms with Gasteiger partial charge in [-0.2, -0.15) is 0 Å². The highest BCUT2D eigenvalue weighted by Crippen LogP contribution is 2.11. The van der Waals surface area contributed by atoms with E-state index < -0.39 is 5.97 Å². The zero-order valence-electron chi connectivity index (χ0n) is 12.4. The number of rotatable bonds is 12. The van der Waals surface area contributed by atoms with Gasteiger partial charge < -0.3 is 9.52 Å². The van der Waals surface area contributed by atoms with Crippen LogP contribution in [0, 0.1) is 0 Å². The summed E-state index contributed by atoms with van der Waals surface area (Å²) in [5, 5.41) is 16.5. The van der Waals surface area contributed by atoms with Crippen LogP contribution in [0.3, 0.4) is 0 Å². The van der Waals surface area contributed by atoms with Gasteiger partial charge in [0.15, 0.2) is 0 Å². The maximum atomic E-state index is 10.4. The Hall–Kier alpha value is -1.39. The summed E-state index contributed by atoms with van der Waals surface area (Å²) >= 11 is 0. The van der Waals surface area contributed by atoms with Crippen LogP contribution < -0.4 is 0 Å². The van der Waals surface area contributed by atoms with Crippen molar-refractivity contribution in [2.45, 2.75) is 77.6 Å². The molecule has 5 heteroatoms. The van der Waals surface area contributed by atoms with Crippen molar-refractivity contribution >= 4 is 5.97 Å². The van der Waals surface area contributed by atoms with Gasteiger partial charge in [-0.05, 0) is 12.8 Å². The lowest BCUT2D eigenvalue weighted by atomic mass is 10.1. The average Bonchev–Trinajstić information content (AvgIpc) is 2.85. The van der Waals surface area contributed by atoms with Crippen LogP contribution in [0.5, 0.6) is 0 Å². The molecule has 0 aliphatic rings. The molecule has 1 aromatic heterocycles. The van der Waals surface area contributed by atoms with Gasteiger partial charge in [-0.25, -0.2) is 0 Å². The second-order valence-electron chi connectivity index (χ2n) is 5.21. The SMILES string of the molecule is CCCCCCCCCc1nnc(CCCC(=O)O)o1. The summed E-state index contributed by atoms with van der Waals surface area (Å²) in [6.45, 7) is 2.23. The van der Waals surface area contributed by atoms with E-state index in [1.807, 2.05) is 0 Å². The first kappa shape index (κ1) is 16.7. The Morgan fingerprint density at radius 1 is 0.950 bits per heavy atom. The number of hydrogen-bond donors (Lipinski definition) is 1. The van der Waals surface area contributed by atoms with Crippen molar-refractivity contribution in [3.8, 4) is 0 Å². The van der Waals surface area contributed by atoms with Crippen LogP contribution in [0.1, 0.15) is 76.5 Å². The zero-order valence-corrected chi connectivity index (χ0v) is 12.4. The summed E-state index contributed by atoms with van der Waals surface area (Å²) < 4.78 is 5.50. The van der Waals surface area contributed by atoms with E-state index in [-0.39, 0.29) is 6.42 Å². The van der Waals surface area contributed by atoms with Crippen molar-refractivity contribution in [2.75, 3.05) is 0 Å². The van der Waals surface area contributed by atoms with Gasteiger partial charge in [0.05, 0.1) is 0 Å². The molecular weight excluding hydrogens is 256 g/mol. The Morgan fingerprint density at radius 3 is 2.10 bits per heavy atom.